The highest BCUT2D eigenvalue weighted by Gasteiger charge is 2.31. The van der Waals surface area contributed by atoms with E-state index in [1.807, 2.05) is 49.9 Å². The molecule has 1 amide bonds. The largest absolute Gasteiger partial charge is 0.377 e. The monoisotopic (exact) mass is 318 g/mol. The Labute approximate surface area is 135 Å². The Bertz CT molecular complexity index is 722. The van der Waals surface area contributed by atoms with Crippen LogP contribution in [0.5, 0.6) is 0 Å². The Kier molecular flexibility index (Phi) is 4.06. The maximum absolute atomic E-state index is 12.9. The number of hydrogen-bond donors (Lipinski definition) is 0. The van der Waals surface area contributed by atoms with E-state index < -0.39 is 0 Å². The number of carbonyl (C=O) groups is 1. The molecule has 2 atom stereocenters. The summed E-state index contributed by atoms with van der Waals surface area (Å²) < 4.78 is 5.48. The first-order valence-electron chi connectivity index (χ1n) is 7.45. The molecule has 1 aromatic heterocycles. The summed E-state index contributed by atoms with van der Waals surface area (Å²) in [6, 6.07) is 7.80. The van der Waals surface area contributed by atoms with E-state index in [-0.39, 0.29) is 23.1 Å². The first-order chi connectivity index (χ1) is 10.5. The van der Waals surface area contributed by atoms with Gasteiger partial charge in [-0.1, -0.05) is 29.8 Å². The zero-order valence-corrected chi connectivity index (χ0v) is 13.7. The van der Waals surface area contributed by atoms with Gasteiger partial charge < -0.3 is 9.64 Å². The SMILES string of the molecule is Cc1cccc2cc(C(=O)N3C(C)COCC3C)c(Cl)nc12. The highest BCUT2D eigenvalue weighted by atomic mass is 35.5. The van der Waals surface area contributed by atoms with Gasteiger partial charge in [-0.25, -0.2) is 4.98 Å². The summed E-state index contributed by atoms with van der Waals surface area (Å²) in [6.45, 7) is 7.06. The third-order valence-electron chi connectivity index (χ3n) is 4.13. The Balaban J connectivity index is 2.05. The van der Waals surface area contributed by atoms with E-state index in [1.54, 1.807) is 0 Å². The molecule has 1 fully saturated rings. The van der Waals surface area contributed by atoms with Crippen LogP contribution >= 0.6 is 11.6 Å². The summed E-state index contributed by atoms with van der Waals surface area (Å²) in [5, 5.41) is 1.19. The average molecular weight is 319 g/mol. The number of halogens is 1. The molecule has 3 rings (SSSR count). The Morgan fingerprint density at radius 2 is 2.00 bits per heavy atom. The van der Waals surface area contributed by atoms with E-state index in [2.05, 4.69) is 4.98 Å². The van der Waals surface area contributed by atoms with E-state index in [4.69, 9.17) is 16.3 Å². The van der Waals surface area contributed by atoms with Gasteiger partial charge in [-0.15, -0.1) is 0 Å². The molecule has 1 aromatic carbocycles. The number of carbonyl (C=O) groups excluding carboxylic acids is 1. The zero-order chi connectivity index (χ0) is 15.9. The van der Waals surface area contributed by atoms with Gasteiger partial charge in [0.25, 0.3) is 5.91 Å². The molecule has 2 aromatic rings. The van der Waals surface area contributed by atoms with Crippen molar-refractivity contribution in [3.05, 3.63) is 40.5 Å². The van der Waals surface area contributed by atoms with Crippen LogP contribution in [0, 0.1) is 6.92 Å². The molecule has 0 N–H and O–H groups in total. The smallest absolute Gasteiger partial charge is 0.257 e. The van der Waals surface area contributed by atoms with Gasteiger partial charge in [-0.3, -0.25) is 4.79 Å². The van der Waals surface area contributed by atoms with Crippen LogP contribution in [0.1, 0.15) is 29.8 Å². The molecule has 2 heterocycles. The third kappa shape index (κ3) is 2.57. The van der Waals surface area contributed by atoms with Crippen molar-refractivity contribution in [1.29, 1.82) is 0 Å². The maximum atomic E-state index is 12.9. The van der Waals surface area contributed by atoms with Gasteiger partial charge in [-0.2, -0.15) is 0 Å². The minimum absolute atomic E-state index is 0.0283. The van der Waals surface area contributed by atoms with Crippen LogP contribution in [-0.2, 0) is 4.74 Å². The number of fused-ring (bicyclic) bond motifs is 1. The van der Waals surface area contributed by atoms with Crippen molar-refractivity contribution in [1.82, 2.24) is 9.88 Å². The van der Waals surface area contributed by atoms with Crippen LogP contribution in [-0.4, -0.2) is 41.1 Å². The highest BCUT2D eigenvalue weighted by Crippen LogP contribution is 2.26. The van der Waals surface area contributed by atoms with Gasteiger partial charge in [0.2, 0.25) is 0 Å². The number of para-hydroxylation sites is 1. The van der Waals surface area contributed by atoms with Crippen molar-refractivity contribution < 1.29 is 9.53 Å². The predicted octanol–water partition coefficient (Wildman–Crippen LogP) is 3.45. The summed E-state index contributed by atoms with van der Waals surface area (Å²) in [5.74, 6) is -0.0794. The molecule has 0 saturated carbocycles. The lowest BCUT2D eigenvalue weighted by Crippen LogP contribution is -2.52. The predicted molar refractivity (Wildman–Crippen MR) is 87.4 cm³/mol. The third-order valence-corrected chi connectivity index (χ3v) is 4.42. The Morgan fingerprint density at radius 1 is 1.32 bits per heavy atom. The zero-order valence-electron chi connectivity index (χ0n) is 13.0. The second-order valence-corrected chi connectivity index (χ2v) is 6.28. The number of amides is 1. The fourth-order valence-corrected chi connectivity index (χ4v) is 3.24. The lowest BCUT2D eigenvalue weighted by molar-refractivity contribution is -0.0249. The lowest BCUT2D eigenvalue weighted by atomic mass is 10.1. The van der Waals surface area contributed by atoms with Crippen molar-refractivity contribution in [2.24, 2.45) is 0 Å². The van der Waals surface area contributed by atoms with Crippen molar-refractivity contribution in [3.63, 3.8) is 0 Å². The molecule has 0 radical (unpaired) electrons. The standard InChI is InChI=1S/C17H19ClN2O2/c1-10-5-4-6-13-7-14(16(18)19-15(10)13)17(21)20-11(2)8-22-9-12(20)3/h4-7,11-12H,8-9H2,1-3H3. The van der Waals surface area contributed by atoms with Crippen molar-refractivity contribution in [3.8, 4) is 0 Å². The van der Waals surface area contributed by atoms with Crippen LogP contribution < -0.4 is 0 Å². The summed E-state index contributed by atoms with van der Waals surface area (Å²) in [7, 11) is 0. The fourth-order valence-electron chi connectivity index (χ4n) is 3.02. The minimum Gasteiger partial charge on any atom is -0.377 e. The van der Waals surface area contributed by atoms with Gasteiger partial charge in [0.05, 0.1) is 36.4 Å². The van der Waals surface area contributed by atoms with E-state index in [0.29, 0.717) is 18.8 Å². The van der Waals surface area contributed by atoms with Gasteiger partial charge in [0, 0.05) is 5.39 Å². The summed E-state index contributed by atoms with van der Waals surface area (Å²) in [4.78, 5) is 19.2. The van der Waals surface area contributed by atoms with E-state index >= 15 is 0 Å². The quantitative estimate of drug-likeness (QED) is 0.756. The normalized spacial score (nSPS) is 22.1. The average Bonchev–Trinajstić information content (AvgIpc) is 2.47. The molecule has 0 bridgehead atoms. The summed E-state index contributed by atoms with van der Waals surface area (Å²) in [5.41, 5.74) is 2.35. The van der Waals surface area contributed by atoms with Gasteiger partial charge >= 0.3 is 0 Å². The molecule has 2 unspecified atom stereocenters. The van der Waals surface area contributed by atoms with E-state index in [1.165, 1.54) is 0 Å². The van der Waals surface area contributed by atoms with Crippen molar-refractivity contribution in [2.45, 2.75) is 32.9 Å². The van der Waals surface area contributed by atoms with Crippen LogP contribution in [0.4, 0.5) is 0 Å². The molecule has 22 heavy (non-hydrogen) atoms. The second-order valence-electron chi connectivity index (χ2n) is 5.92. The molecule has 1 aliphatic heterocycles. The maximum Gasteiger partial charge on any atom is 0.257 e. The number of pyridine rings is 1. The molecule has 116 valence electrons. The van der Waals surface area contributed by atoms with Crippen LogP contribution in [0.15, 0.2) is 24.3 Å². The number of aromatic nitrogens is 1. The molecular weight excluding hydrogens is 300 g/mol. The molecule has 0 spiro atoms. The molecule has 4 nitrogen and oxygen atoms in total. The molecule has 5 heteroatoms. The number of morpholine rings is 1. The number of benzene rings is 1. The van der Waals surface area contributed by atoms with Crippen LogP contribution in [0.25, 0.3) is 10.9 Å². The number of ether oxygens (including phenoxy) is 1. The molecular formula is C17H19ClN2O2. The summed E-state index contributed by atoms with van der Waals surface area (Å²) in [6.07, 6.45) is 0. The minimum atomic E-state index is -0.0794. The Hall–Kier alpha value is -1.65. The number of aryl methyl sites for hydroxylation is 1. The van der Waals surface area contributed by atoms with Gasteiger partial charge in [-0.05, 0) is 32.4 Å². The second kappa shape index (κ2) is 5.86. The van der Waals surface area contributed by atoms with E-state index in [9.17, 15) is 4.79 Å². The number of nitrogens with zero attached hydrogens (tertiary/aromatic N) is 2. The highest BCUT2D eigenvalue weighted by molar-refractivity contribution is 6.33. The van der Waals surface area contributed by atoms with Crippen molar-refractivity contribution >= 4 is 28.4 Å². The molecule has 1 saturated heterocycles. The topological polar surface area (TPSA) is 42.4 Å². The first kappa shape index (κ1) is 15.3. The molecule has 0 aliphatic carbocycles. The first-order valence-corrected chi connectivity index (χ1v) is 7.83. The van der Waals surface area contributed by atoms with Gasteiger partial charge in [0.1, 0.15) is 5.15 Å². The number of rotatable bonds is 1. The fraction of sp³-hybridized carbons (Fsp3) is 0.412. The van der Waals surface area contributed by atoms with Crippen molar-refractivity contribution in [2.75, 3.05) is 13.2 Å². The summed E-state index contributed by atoms with van der Waals surface area (Å²) >= 11 is 6.29. The lowest BCUT2D eigenvalue weighted by Gasteiger charge is -2.38. The number of hydrogen-bond acceptors (Lipinski definition) is 3. The van der Waals surface area contributed by atoms with Crippen LogP contribution in [0.3, 0.4) is 0 Å². The van der Waals surface area contributed by atoms with E-state index in [0.717, 1.165) is 16.5 Å². The Morgan fingerprint density at radius 3 is 2.68 bits per heavy atom. The van der Waals surface area contributed by atoms with Crippen LogP contribution in [0.2, 0.25) is 5.15 Å². The van der Waals surface area contributed by atoms with Gasteiger partial charge in [0.15, 0.2) is 0 Å². The molecule has 1 aliphatic rings.